The van der Waals surface area contributed by atoms with E-state index in [4.69, 9.17) is 22.7 Å². The van der Waals surface area contributed by atoms with Crippen LogP contribution in [0.25, 0.3) is 4.98 Å². The van der Waals surface area contributed by atoms with Crippen LogP contribution in [0.4, 0.5) is 0 Å². The van der Waals surface area contributed by atoms with Gasteiger partial charge < -0.3 is 10.8 Å². The fraction of sp³-hybridized carbons (Fsp3) is 0.176. The van der Waals surface area contributed by atoms with Crippen LogP contribution in [0.5, 0.6) is 0 Å². The Balaban J connectivity index is 2.54. The van der Waals surface area contributed by atoms with E-state index in [1.165, 1.54) is 0 Å². The Kier molecular flexibility index (Phi) is 5.16. The molecule has 0 saturated carbocycles. The van der Waals surface area contributed by atoms with Gasteiger partial charge in [0.05, 0.1) is 5.41 Å². The summed E-state index contributed by atoms with van der Waals surface area (Å²) in [5, 5.41) is 19.8. The molecule has 0 aliphatic rings. The first-order valence-electron chi connectivity index (χ1n) is 6.86. The molecule has 4 nitrogen and oxygen atoms in total. The van der Waals surface area contributed by atoms with E-state index < -0.39 is 5.41 Å². The summed E-state index contributed by atoms with van der Waals surface area (Å²) in [6, 6.07) is 16.8. The predicted octanol–water partition coefficient (Wildman–Crippen LogP) is 4.03. The molecule has 0 aliphatic carbocycles. The summed E-state index contributed by atoms with van der Waals surface area (Å²) in [4.78, 5) is 2.94. The molecule has 0 amide bonds. The lowest BCUT2D eigenvalue weighted by molar-refractivity contribution is 0.294. The van der Waals surface area contributed by atoms with Gasteiger partial charge in [0.2, 0.25) is 5.39 Å². The Hall–Kier alpha value is -2.35. The number of aliphatic hydroxyl groups is 1. The highest BCUT2D eigenvalue weighted by atomic mass is 35.5. The Bertz CT molecular complexity index is 692. The fourth-order valence-electron chi connectivity index (χ4n) is 2.53. The van der Waals surface area contributed by atoms with Crippen LogP contribution in [0, 0.1) is 5.39 Å². The van der Waals surface area contributed by atoms with Crippen LogP contribution in [-0.2, 0) is 11.8 Å². The third-order valence-corrected chi connectivity index (χ3v) is 4.02. The molecule has 0 aliphatic heterocycles. The first-order valence-corrected chi connectivity index (χ1v) is 7.24. The number of halogens is 1. The van der Waals surface area contributed by atoms with Crippen molar-refractivity contribution in [1.82, 2.24) is 0 Å². The highest BCUT2D eigenvalue weighted by Crippen LogP contribution is 2.34. The first kappa shape index (κ1) is 16.0. The van der Waals surface area contributed by atoms with Gasteiger partial charge in [-0.2, -0.15) is 0 Å². The minimum absolute atomic E-state index is 0.0938. The molecule has 1 atom stereocenters. The molecule has 0 bridgehead atoms. The van der Waals surface area contributed by atoms with Gasteiger partial charge >= 0.3 is 6.20 Å². The highest BCUT2D eigenvalue weighted by Gasteiger charge is 2.38. The van der Waals surface area contributed by atoms with E-state index in [1.807, 2.05) is 42.5 Å². The van der Waals surface area contributed by atoms with E-state index in [9.17, 15) is 5.11 Å². The maximum absolute atomic E-state index is 10.4. The molecule has 0 saturated heterocycles. The van der Waals surface area contributed by atoms with Crippen molar-refractivity contribution in [2.45, 2.75) is 11.8 Å². The predicted molar refractivity (Wildman–Crippen MR) is 88.1 cm³/mol. The lowest BCUT2D eigenvalue weighted by Crippen LogP contribution is -2.39. The number of rotatable bonds is 5. The molecule has 22 heavy (non-hydrogen) atoms. The van der Waals surface area contributed by atoms with E-state index in [2.05, 4.69) is 4.98 Å². The molecule has 1 unspecified atom stereocenters. The summed E-state index contributed by atoms with van der Waals surface area (Å²) < 4.78 is 0. The van der Waals surface area contributed by atoms with Crippen LogP contribution >= 0.6 is 11.6 Å². The zero-order valence-corrected chi connectivity index (χ0v) is 12.7. The molecule has 0 fully saturated rings. The van der Waals surface area contributed by atoms with Crippen LogP contribution in [0.1, 0.15) is 11.1 Å². The van der Waals surface area contributed by atoms with Crippen molar-refractivity contribution in [1.29, 1.82) is 5.39 Å². The molecule has 3 N–H and O–H groups in total. The van der Waals surface area contributed by atoms with Crippen molar-refractivity contribution < 1.29 is 5.11 Å². The van der Waals surface area contributed by atoms with Crippen LogP contribution in [0.2, 0.25) is 5.02 Å². The SMILES string of the molecule is N#[N+]C=C(O)C(CN)(Cc1ccccc1)c1ccc(Cl)cc1. The van der Waals surface area contributed by atoms with Gasteiger partial charge in [0.15, 0.2) is 10.7 Å². The summed E-state index contributed by atoms with van der Waals surface area (Å²) in [6.45, 7) is 0.154. The molecule has 2 rings (SSSR count). The monoisotopic (exact) mass is 314 g/mol. The molecule has 0 heterocycles. The van der Waals surface area contributed by atoms with Crippen LogP contribution < -0.4 is 5.73 Å². The molecule has 0 spiro atoms. The number of nitrogens with two attached hydrogens (primary N) is 1. The zero-order chi connectivity index (χ0) is 16.0. The normalized spacial score (nSPS) is 14.1. The van der Waals surface area contributed by atoms with E-state index >= 15 is 0 Å². The second kappa shape index (κ2) is 7.08. The number of hydrogen-bond acceptors (Lipinski definition) is 3. The molecular formula is C17H17ClN3O+. The van der Waals surface area contributed by atoms with E-state index in [0.29, 0.717) is 11.4 Å². The summed E-state index contributed by atoms with van der Waals surface area (Å²) in [5.74, 6) is -0.0938. The molecule has 112 valence electrons. The maximum Gasteiger partial charge on any atom is 0.388 e. The third-order valence-electron chi connectivity index (χ3n) is 3.76. The summed E-state index contributed by atoms with van der Waals surface area (Å²) in [5.41, 5.74) is 6.94. The first-order chi connectivity index (χ1) is 10.6. The van der Waals surface area contributed by atoms with Crippen molar-refractivity contribution in [2.75, 3.05) is 6.54 Å². The summed E-state index contributed by atoms with van der Waals surface area (Å²) in [7, 11) is 0. The smallest absolute Gasteiger partial charge is 0.388 e. The summed E-state index contributed by atoms with van der Waals surface area (Å²) >= 11 is 5.94. The zero-order valence-electron chi connectivity index (χ0n) is 12.0. The largest absolute Gasteiger partial charge is 0.505 e. The van der Waals surface area contributed by atoms with Crippen molar-refractivity contribution in [2.24, 2.45) is 5.73 Å². The van der Waals surface area contributed by atoms with Crippen LogP contribution in [0.15, 0.2) is 66.6 Å². The van der Waals surface area contributed by atoms with E-state index in [1.54, 1.807) is 12.1 Å². The van der Waals surface area contributed by atoms with E-state index in [-0.39, 0.29) is 12.3 Å². The second-order valence-corrected chi connectivity index (χ2v) is 5.52. The minimum Gasteiger partial charge on any atom is -0.505 e. The lowest BCUT2D eigenvalue weighted by Gasteiger charge is -2.31. The van der Waals surface area contributed by atoms with Crippen molar-refractivity contribution in [3.63, 3.8) is 0 Å². The van der Waals surface area contributed by atoms with E-state index in [0.717, 1.165) is 17.3 Å². The number of hydrogen-bond donors (Lipinski definition) is 2. The Morgan fingerprint density at radius 2 is 1.82 bits per heavy atom. The Labute approximate surface area is 134 Å². The van der Waals surface area contributed by atoms with Gasteiger partial charge in [-0.1, -0.05) is 54.1 Å². The van der Waals surface area contributed by atoms with Crippen LogP contribution in [0.3, 0.4) is 0 Å². The topological polar surface area (TPSA) is 74.4 Å². The van der Waals surface area contributed by atoms with Gasteiger partial charge in [-0.05, 0) is 29.7 Å². The van der Waals surface area contributed by atoms with Gasteiger partial charge in [-0.25, -0.2) is 0 Å². The minimum atomic E-state index is -0.877. The van der Waals surface area contributed by atoms with Gasteiger partial charge in [0.1, 0.15) is 0 Å². The van der Waals surface area contributed by atoms with Crippen molar-refractivity contribution >= 4 is 11.6 Å². The number of benzene rings is 2. The molecule has 0 radical (unpaired) electrons. The van der Waals surface area contributed by atoms with Gasteiger partial charge in [0, 0.05) is 11.6 Å². The van der Waals surface area contributed by atoms with Crippen LogP contribution in [-0.4, -0.2) is 11.7 Å². The number of diazo groups is 1. The number of nitrogens with zero attached hydrogens (tertiary/aromatic N) is 2. The Morgan fingerprint density at radius 1 is 1.18 bits per heavy atom. The average molecular weight is 315 g/mol. The second-order valence-electron chi connectivity index (χ2n) is 5.09. The maximum atomic E-state index is 10.4. The summed E-state index contributed by atoms with van der Waals surface area (Å²) in [6.07, 6.45) is 1.49. The molecule has 2 aromatic rings. The van der Waals surface area contributed by atoms with Gasteiger partial charge in [-0.15, -0.1) is 0 Å². The average Bonchev–Trinajstić information content (AvgIpc) is 2.54. The van der Waals surface area contributed by atoms with Crippen molar-refractivity contribution in [3.8, 4) is 0 Å². The van der Waals surface area contributed by atoms with Gasteiger partial charge in [-0.3, -0.25) is 0 Å². The van der Waals surface area contributed by atoms with Gasteiger partial charge in [0.25, 0.3) is 0 Å². The van der Waals surface area contributed by atoms with Crippen molar-refractivity contribution in [3.05, 3.63) is 87.7 Å². The number of aliphatic hydroxyl groups excluding tert-OH is 1. The standard InChI is InChI=1S/C17H16ClN3O/c18-15-8-6-14(7-9-15)17(12-19,16(22)11-21-20)10-13-4-2-1-3-5-13/h1-9,11H,10,12,19H2/p+1. The Morgan fingerprint density at radius 3 is 2.36 bits per heavy atom. The quantitative estimate of drug-likeness (QED) is 0.646. The molecule has 0 aromatic heterocycles. The molecule has 2 aromatic carbocycles. The molecule has 5 heteroatoms. The third kappa shape index (κ3) is 3.28. The lowest BCUT2D eigenvalue weighted by atomic mass is 9.74. The molecular weight excluding hydrogens is 298 g/mol. The fourth-order valence-corrected chi connectivity index (χ4v) is 2.65. The highest BCUT2D eigenvalue weighted by molar-refractivity contribution is 6.30.